The Morgan fingerprint density at radius 3 is 2.40 bits per heavy atom. The Balaban J connectivity index is 1.71. The molecule has 10 heteroatoms. The zero-order valence-electron chi connectivity index (χ0n) is 20.1. The van der Waals surface area contributed by atoms with Gasteiger partial charge in [-0.25, -0.2) is 0 Å². The Hall–Kier alpha value is -3.50. The molecule has 1 aromatic carbocycles. The summed E-state index contributed by atoms with van der Waals surface area (Å²) >= 11 is 0. The first-order chi connectivity index (χ1) is 17.0. The van der Waals surface area contributed by atoms with Gasteiger partial charge in [-0.3, -0.25) is 9.59 Å². The van der Waals surface area contributed by atoms with Crippen molar-refractivity contribution in [1.29, 1.82) is 0 Å². The van der Waals surface area contributed by atoms with Crippen LogP contribution in [0, 0.1) is 0 Å². The van der Waals surface area contributed by atoms with Gasteiger partial charge in [0, 0.05) is 18.5 Å². The maximum atomic E-state index is 13.3. The molecule has 1 N–H and O–H groups in total. The van der Waals surface area contributed by atoms with Gasteiger partial charge in [-0.05, 0) is 35.6 Å². The lowest BCUT2D eigenvalue weighted by Gasteiger charge is -2.29. The first-order valence-electron chi connectivity index (χ1n) is 11.5. The fraction of sp³-hybridized carbons (Fsp3) is 0.440. The summed E-state index contributed by atoms with van der Waals surface area (Å²) in [6, 6.07) is 5.44. The molecule has 3 heterocycles. The van der Waals surface area contributed by atoms with Crippen molar-refractivity contribution in [1.82, 2.24) is 4.90 Å². The molecular formula is C25H30N2O8. The summed E-state index contributed by atoms with van der Waals surface area (Å²) in [6.07, 6.45) is 2.02. The van der Waals surface area contributed by atoms with E-state index < -0.39 is 23.5 Å². The van der Waals surface area contributed by atoms with E-state index in [1.54, 1.807) is 18.2 Å². The monoisotopic (exact) mass is 486 g/mol. The molecule has 1 fully saturated rings. The number of ketones is 1. The molecule has 188 valence electrons. The molecule has 1 unspecified atom stereocenters. The lowest BCUT2D eigenvalue weighted by Crippen LogP contribution is -3.14. The quantitative estimate of drug-likeness (QED) is 0.467. The minimum atomic E-state index is -0.916. The minimum absolute atomic E-state index is 0.00166. The highest BCUT2D eigenvalue weighted by molar-refractivity contribution is 6.14. The van der Waals surface area contributed by atoms with Crippen LogP contribution in [-0.4, -0.2) is 77.3 Å². The van der Waals surface area contributed by atoms with Gasteiger partial charge < -0.3 is 38.3 Å². The van der Waals surface area contributed by atoms with E-state index in [1.165, 1.54) is 43.5 Å². The van der Waals surface area contributed by atoms with E-state index in [1.807, 2.05) is 0 Å². The van der Waals surface area contributed by atoms with Crippen LogP contribution >= 0.6 is 0 Å². The number of carbonyl (C=O) groups excluding carboxylic acids is 2. The van der Waals surface area contributed by atoms with E-state index >= 15 is 0 Å². The van der Waals surface area contributed by atoms with Gasteiger partial charge in [-0.1, -0.05) is 0 Å². The molecule has 2 aliphatic heterocycles. The van der Waals surface area contributed by atoms with E-state index in [-0.39, 0.29) is 11.3 Å². The van der Waals surface area contributed by atoms with Crippen LogP contribution in [0.25, 0.3) is 0 Å². The van der Waals surface area contributed by atoms with Gasteiger partial charge in [0.25, 0.3) is 0 Å². The number of nitrogens with zero attached hydrogens (tertiary/aromatic N) is 1. The molecule has 0 bridgehead atoms. The van der Waals surface area contributed by atoms with Gasteiger partial charge in [0.1, 0.15) is 13.1 Å². The number of benzene rings is 1. The second-order valence-corrected chi connectivity index (χ2v) is 8.37. The van der Waals surface area contributed by atoms with E-state index in [9.17, 15) is 14.7 Å². The van der Waals surface area contributed by atoms with E-state index in [2.05, 4.69) is 0 Å². The summed E-state index contributed by atoms with van der Waals surface area (Å²) in [5, 5.41) is 13.1. The third-order valence-corrected chi connectivity index (χ3v) is 6.41. The summed E-state index contributed by atoms with van der Waals surface area (Å²) in [7, 11) is 4.45. The van der Waals surface area contributed by atoms with Crippen molar-refractivity contribution >= 4 is 11.7 Å². The number of nitrogens with one attached hydrogen (secondary N) is 1. The molecular weight excluding hydrogens is 456 g/mol. The number of quaternary nitrogens is 1. The second-order valence-electron chi connectivity index (χ2n) is 8.37. The van der Waals surface area contributed by atoms with Crippen molar-refractivity contribution in [2.24, 2.45) is 0 Å². The molecule has 0 aliphatic carbocycles. The van der Waals surface area contributed by atoms with E-state index in [0.717, 1.165) is 19.6 Å². The smallest absolute Gasteiger partial charge is 0.239 e. The average molecular weight is 487 g/mol. The maximum Gasteiger partial charge on any atom is 0.239 e. The van der Waals surface area contributed by atoms with Crippen LogP contribution in [0.4, 0.5) is 0 Å². The first-order valence-corrected chi connectivity index (χ1v) is 11.5. The van der Waals surface area contributed by atoms with Crippen molar-refractivity contribution in [3.05, 3.63) is 53.2 Å². The molecule has 4 rings (SSSR count). The fourth-order valence-corrected chi connectivity index (χ4v) is 4.66. The number of hydrogen-bond donors (Lipinski definition) is 1. The first kappa shape index (κ1) is 24.6. The topological polar surface area (TPSA) is 115 Å². The molecule has 2 aromatic rings. The zero-order valence-corrected chi connectivity index (χ0v) is 20.1. The van der Waals surface area contributed by atoms with E-state index in [4.69, 9.17) is 23.4 Å². The number of furan rings is 1. The summed E-state index contributed by atoms with van der Waals surface area (Å²) in [5.41, 5.74) is 0.352. The number of morpholine rings is 1. The van der Waals surface area contributed by atoms with Crippen LogP contribution in [-0.2, 0) is 9.53 Å². The van der Waals surface area contributed by atoms with Gasteiger partial charge in [-0.2, -0.15) is 0 Å². The van der Waals surface area contributed by atoms with Gasteiger partial charge in [0.2, 0.25) is 17.4 Å². The van der Waals surface area contributed by atoms with Crippen LogP contribution in [0.5, 0.6) is 17.2 Å². The highest BCUT2D eigenvalue weighted by Gasteiger charge is 2.41. The summed E-state index contributed by atoms with van der Waals surface area (Å²) < 4.78 is 27.0. The van der Waals surface area contributed by atoms with Crippen molar-refractivity contribution in [3.8, 4) is 17.2 Å². The number of Topliss-reactive ketones (excluding diaryl/α,β-unsaturated/α-hetero) is 1. The predicted molar refractivity (Wildman–Crippen MR) is 122 cm³/mol. The number of carbonyl (C=O) groups is 2. The molecule has 0 saturated carbocycles. The number of ether oxygens (including phenoxy) is 4. The highest BCUT2D eigenvalue weighted by atomic mass is 16.5. The van der Waals surface area contributed by atoms with Crippen LogP contribution < -0.4 is 24.2 Å². The maximum absolute atomic E-state index is 13.3. The second kappa shape index (κ2) is 10.8. The highest BCUT2D eigenvalue weighted by Crippen LogP contribution is 2.45. The van der Waals surface area contributed by atoms with Gasteiger partial charge in [0.15, 0.2) is 17.3 Å². The Labute approximate surface area is 203 Å². The zero-order chi connectivity index (χ0) is 24.9. The molecule has 2 aliphatic rings. The summed E-state index contributed by atoms with van der Waals surface area (Å²) in [5.74, 6) is -1.07. The normalized spacial score (nSPS) is 18.8. The Bertz CT molecular complexity index is 1060. The van der Waals surface area contributed by atoms with Gasteiger partial charge in [0.05, 0.1) is 53.4 Å². The van der Waals surface area contributed by atoms with Crippen LogP contribution in [0.15, 0.2) is 46.3 Å². The van der Waals surface area contributed by atoms with Crippen molar-refractivity contribution < 1.29 is 43.0 Å². The SMILES string of the molecule is COc1cc(C2C(C(=O)c3ccco3)=C([O-])C(=O)N2CCC[NH+]2CCOCC2)cc(OC)c1OC. The standard InChI is InChI=1S/C25H30N2O8/c1-31-18-14-16(15-19(32-2)24(18)33-3)21-20(22(28)17-6-4-11-35-17)23(29)25(30)27(21)8-5-7-26-9-12-34-13-10-26/h4,6,11,14-15,21,29H,5,7-10,12-13H2,1-3H3. The van der Waals surface area contributed by atoms with Crippen molar-refractivity contribution in [2.75, 3.05) is 60.7 Å². The molecule has 10 nitrogen and oxygen atoms in total. The Morgan fingerprint density at radius 2 is 1.83 bits per heavy atom. The molecule has 1 saturated heterocycles. The molecule has 0 spiro atoms. The summed E-state index contributed by atoms with van der Waals surface area (Å²) in [6.45, 7) is 4.35. The lowest BCUT2D eigenvalue weighted by molar-refractivity contribution is -0.908. The van der Waals surface area contributed by atoms with Crippen LogP contribution in [0.2, 0.25) is 0 Å². The number of amides is 1. The van der Waals surface area contributed by atoms with Gasteiger partial charge >= 0.3 is 0 Å². The summed E-state index contributed by atoms with van der Waals surface area (Å²) in [4.78, 5) is 29.3. The molecule has 35 heavy (non-hydrogen) atoms. The largest absolute Gasteiger partial charge is 0.868 e. The Kier molecular flexibility index (Phi) is 7.62. The van der Waals surface area contributed by atoms with Crippen molar-refractivity contribution in [2.45, 2.75) is 12.5 Å². The van der Waals surface area contributed by atoms with Gasteiger partial charge in [-0.15, -0.1) is 0 Å². The number of methoxy groups -OCH3 is 3. The molecule has 1 aromatic heterocycles. The molecule has 1 amide bonds. The third kappa shape index (κ3) is 4.85. The number of hydrogen-bond acceptors (Lipinski definition) is 8. The minimum Gasteiger partial charge on any atom is -0.868 e. The molecule has 0 radical (unpaired) electrons. The average Bonchev–Trinajstić information content (AvgIpc) is 3.51. The van der Waals surface area contributed by atoms with Crippen LogP contribution in [0.1, 0.15) is 28.6 Å². The predicted octanol–water partition coefficient (Wildman–Crippen LogP) is -0.00880. The third-order valence-electron chi connectivity index (χ3n) is 6.41. The molecule has 1 atom stereocenters. The van der Waals surface area contributed by atoms with Crippen molar-refractivity contribution in [3.63, 3.8) is 0 Å². The lowest BCUT2D eigenvalue weighted by atomic mass is 9.94. The Morgan fingerprint density at radius 1 is 1.14 bits per heavy atom. The fourth-order valence-electron chi connectivity index (χ4n) is 4.66. The number of rotatable bonds is 10. The van der Waals surface area contributed by atoms with Crippen LogP contribution in [0.3, 0.4) is 0 Å². The van der Waals surface area contributed by atoms with E-state index in [0.29, 0.717) is 49.0 Å².